The molecule has 0 spiro atoms. The molecule has 0 aromatic heterocycles. The SMILES string of the molecule is CC(C)CNC(=O)/C=C/C=C/CCCCOc1cccc2ccc(F)cc12. The molecule has 0 fully saturated rings. The van der Waals surface area contributed by atoms with Crippen molar-refractivity contribution in [2.75, 3.05) is 13.2 Å². The first-order chi connectivity index (χ1) is 13.1. The lowest BCUT2D eigenvalue weighted by molar-refractivity contribution is -0.116. The van der Waals surface area contributed by atoms with Crippen molar-refractivity contribution in [2.24, 2.45) is 5.92 Å². The average molecular weight is 369 g/mol. The Morgan fingerprint density at radius 1 is 1.19 bits per heavy atom. The summed E-state index contributed by atoms with van der Waals surface area (Å²) in [6.07, 6.45) is 10.1. The highest BCUT2D eigenvalue weighted by Gasteiger charge is 2.03. The molecule has 0 aliphatic rings. The summed E-state index contributed by atoms with van der Waals surface area (Å²) in [4.78, 5) is 11.5. The molecule has 2 rings (SSSR count). The second-order valence-electron chi connectivity index (χ2n) is 6.89. The molecule has 0 atom stereocenters. The van der Waals surface area contributed by atoms with E-state index in [-0.39, 0.29) is 11.7 Å². The quantitative estimate of drug-likeness (QED) is 0.345. The van der Waals surface area contributed by atoms with Crippen LogP contribution in [0.15, 0.2) is 60.7 Å². The zero-order valence-corrected chi connectivity index (χ0v) is 16.1. The molecule has 0 aliphatic heterocycles. The Morgan fingerprint density at radius 2 is 2.04 bits per heavy atom. The number of unbranched alkanes of at least 4 members (excludes halogenated alkanes) is 2. The lowest BCUT2D eigenvalue weighted by Gasteiger charge is -2.09. The molecule has 27 heavy (non-hydrogen) atoms. The van der Waals surface area contributed by atoms with Crippen molar-refractivity contribution in [2.45, 2.75) is 33.1 Å². The molecule has 1 amide bonds. The number of carbonyl (C=O) groups excluding carboxylic acids is 1. The lowest BCUT2D eigenvalue weighted by atomic mass is 10.1. The minimum absolute atomic E-state index is 0.0618. The maximum Gasteiger partial charge on any atom is 0.243 e. The number of halogens is 1. The maximum atomic E-state index is 13.4. The van der Waals surface area contributed by atoms with Crippen LogP contribution in [0.25, 0.3) is 10.8 Å². The fraction of sp³-hybridized carbons (Fsp3) is 0.348. The molecular weight excluding hydrogens is 341 g/mol. The zero-order valence-electron chi connectivity index (χ0n) is 16.1. The number of hydrogen-bond acceptors (Lipinski definition) is 2. The largest absolute Gasteiger partial charge is 0.493 e. The van der Waals surface area contributed by atoms with E-state index in [4.69, 9.17) is 4.74 Å². The number of carbonyl (C=O) groups is 1. The first-order valence-electron chi connectivity index (χ1n) is 9.48. The molecule has 0 saturated carbocycles. The standard InChI is InChI=1S/C23H28FNO2/c1-18(2)17-25-23(26)12-7-5-3-4-6-8-15-27-22-11-9-10-19-13-14-20(24)16-21(19)22/h3,5,7,9-14,16,18H,4,6,8,15,17H2,1-2H3,(H,25,26)/b5-3+,12-7+. The van der Waals surface area contributed by atoms with Gasteiger partial charge in [0.15, 0.2) is 0 Å². The summed E-state index contributed by atoms with van der Waals surface area (Å²) < 4.78 is 19.3. The highest BCUT2D eigenvalue weighted by atomic mass is 19.1. The average Bonchev–Trinajstić information content (AvgIpc) is 2.65. The molecule has 3 nitrogen and oxygen atoms in total. The smallest absolute Gasteiger partial charge is 0.243 e. The third-order valence-corrected chi connectivity index (χ3v) is 4.01. The molecule has 1 N–H and O–H groups in total. The number of nitrogens with one attached hydrogen (secondary N) is 1. The minimum atomic E-state index is -0.255. The summed E-state index contributed by atoms with van der Waals surface area (Å²) >= 11 is 0. The number of ether oxygens (including phenoxy) is 1. The Bertz CT molecular complexity index is 796. The van der Waals surface area contributed by atoms with Crippen LogP contribution in [0.3, 0.4) is 0 Å². The van der Waals surface area contributed by atoms with Crippen LogP contribution in [-0.4, -0.2) is 19.1 Å². The van der Waals surface area contributed by atoms with E-state index in [9.17, 15) is 9.18 Å². The van der Waals surface area contributed by atoms with Crippen LogP contribution in [0.2, 0.25) is 0 Å². The van der Waals surface area contributed by atoms with Crippen molar-refractivity contribution < 1.29 is 13.9 Å². The van der Waals surface area contributed by atoms with Gasteiger partial charge in [0.2, 0.25) is 5.91 Å². The fourth-order valence-corrected chi connectivity index (χ4v) is 2.57. The van der Waals surface area contributed by atoms with Crippen LogP contribution in [0.5, 0.6) is 5.75 Å². The number of allylic oxidation sites excluding steroid dienone is 3. The van der Waals surface area contributed by atoms with Crippen LogP contribution in [-0.2, 0) is 4.79 Å². The molecule has 0 bridgehead atoms. The second-order valence-corrected chi connectivity index (χ2v) is 6.89. The Kier molecular flexibility index (Phi) is 8.56. The van der Waals surface area contributed by atoms with Crippen molar-refractivity contribution >= 4 is 16.7 Å². The molecular formula is C23H28FNO2. The van der Waals surface area contributed by atoms with E-state index in [2.05, 4.69) is 19.2 Å². The summed E-state index contributed by atoms with van der Waals surface area (Å²) in [5.74, 6) is 0.855. The van der Waals surface area contributed by atoms with Crippen molar-refractivity contribution in [1.82, 2.24) is 5.32 Å². The zero-order chi connectivity index (χ0) is 19.5. The summed E-state index contributed by atoms with van der Waals surface area (Å²) in [7, 11) is 0. The maximum absolute atomic E-state index is 13.4. The monoisotopic (exact) mass is 369 g/mol. The minimum Gasteiger partial charge on any atom is -0.493 e. The van der Waals surface area contributed by atoms with Crippen LogP contribution >= 0.6 is 0 Å². The van der Waals surface area contributed by atoms with Gasteiger partial charge in [-0.3, -0.25) is 4.79 Å². The van der Waals surface area contributed by atoms with E-state index in [0.717, 1.165) is 35.8 Å². The third kappa shape index (κ3) is 7.65. The van der Waals surface area contributed by atoms with Gasteiger partial charge >= 0.3 is 0 Å². The summed E-state index contributed by atoms with van der Waals surface area (Å²) in [5.41, 5.74) is 0. The molecule has 0 saturated heterocycles. The fourth-order valence-electron chi connectivity index (χ4n) is 2.57. The Labute approximate surface area is 160 Å². The van der Waals surface area contributed by atoms with Gasteiger partial charge in [0.1, 0.15) is 11.6 Å². The topological polar surface area (TPSA) is 38.3 Å². The van der Waals surface area contributed by atoms with E-state index >= 15 is 0 Å². The van der Waals surface area contributed by atoms with Crippen molar-refractivity contribution in [3.8, 4) is 5.75 Å². The highest BCUT2D eigenvalue weighted by Crippen LogP contribution is 2.26. The molecule has 0 aliphatic carbocycles. The van der Waals surface area contributed by atoms with E-state index in [0.29, 0.717) is 19.1 Å². The lowest BCUT2D eigenvalue weighted by Crippen LogP contribution is -2.25. The molecule has 0 unspecified atom stereocenters. The van der Waals surface area contributed by atoms with Crippen molar-refractivity contribution in [3.05, 3.63) is 66.5 Å². The van der Waals surface area contributed by atoms with Crippen molar-refractivity contribution in [1.29, 1.82) is 0 Å². The van der Waals surface area contributed by atoms with Gasteiger partial charge in [-0.1, -0.05) is 50.3 Å². The molecule has 2 aromatic carbocycles. The number of amides is 1. The van der Waals surface area contributed by atoms with Crippen LogP contribution < -0.4 is 10.1 Å². The first-order valence-corrected chi connectivity index (χ1v) is 9.48. The Balaban J connectivity index is 1.65. The third-order valence-electron chi connectivity index (χ3n) is 4.01. The number of rotatable bonds is 10. The molecule has 2 aromatic rings. The van der Waals surface area contributed by atoms with Gasteiger partial charge in [0.05, 0.1) is 6.61 Å². The molecule has 4 heteroatoms. The van der Waals surface area contributed by atoms with E-state index in [1.165, 1.54) is 12.1 Å². The number of hydrogen-bond donors (Lipinski definition) is 1. The Hall–Kier alpha value is -2.62. The van der Waals surface area contributed by atoms with Gasteiger partial charge in [-0.15, -0.1) is 0 Å². The second kappa shape index (κ2) is 11.2. The molecule has 0 radical (unpaired) electrons. The van der Waals surface area contributed by atoms with E-state index in [1.807, 2.05) is 30.4 Å². The predicted molar refractivity (Wildman–Crippen MR) is 109 cm³/mol. The van der Waals surface area contributed by atoms with Crippen LogP contribution in [0, 0.1) is 11.7 Å². The van der Waals surface area contributed by atoms with Crippen LogP contribution in [0.1, 0.15) is 33.1 Å². The van der Waals surface area contributed by atoms with Crippen molar-refractivity contribution in [3.63, 3.8) is 0 Å². The number of benzene rings is 2. The van der Waals surface area contributed by atoms with Crippen LogP contribution in [0.4, 0.5) is 4.39 Å². The van der Waals surface area contributed by atoms with E-state index < -0.39 is 0 Å². The summed E-state index contributed by atoms with van der Waals surface area (Å²) in [5, 5.41) is 4.61. The number of fused-ring (bicyclic) bond motifs is 1. The Morgan fingerprint density at radius 3 is 2.85 bits per heavy atom. The molecule has 0 heterocycles. The van der Waals surface area contributed by atoms with E-state index in [1.54, 1.807) is 18.2 Å². The first kappa shape index (κ1) is 20.7. The summed E-state index contributed by atoms with van der Waals surface area (Å²) in [6.45, 7) is 5.41. The summed E-state index contributed by atoms with van der Waals surface area (Å²) in [6, 6.07) is 10.5. The van der Waals surface area contributed by atoms with Gasteiger partial charge in [0, 0.05) is 18.0 Å². The molecule has 144 valence electrons. The normalized spacial score (nSPS) is 11.7. The van der Waals surface area contributed by atoms with Gasteiger partial charge in [-0.25, -0.2) is 4.39 Å². The van der Waals surface area contributed by atoms with Gasteiger partial charge in [-0.2, -0.15) is 0 Å². The van der Waals surface area contributed by atoms with Gasteiger partial charge in [-0.05, 0) is 48.8 Å². The van der Waals surface area contributed by atoms with Gasteiger partial charge in [0.25, 0.3) is 0 Å². The highest BCUT2D eigenvalue weighted by molar-refractivity contribution is 5.88. The van der Waals surface area contributed by atoms with Gasteiger partial charge < -0.3 is 10.1 Å². The predicted octanol–water partition coefficient (Wildman–Crippen LogP) is 5.41.